The molecule has 168 valence electrons. The van der Waals surface area contributed by atoms with Crippen molar-refractivity contribution in [1.29, 1.82) is 0 Å². The number of hydrogen-bond donors (Lipinski definition) is 1. The fraction of sp³-hybridized carbons (Fsp3) is 0.296. The summed E-state index contributed by atoms with van der Waals surface area (Å²) in [5.74, 6) is -0.151. The number of fused-ring (bicyclic) bond motifs is 1. The summed E-state index contributed by atoms with van der Waals surface area (Å²) in [5.41, 5.74) is 4.88. The summed E-state index contributed by atoms with van der Waals surface area (Å²) in [6, 6.07) is 24.0. The van der Waals surface area contributed by atoms with E-state index < -0.39 is 0 Å². The van der Waals surface area contributed by atoms with Crippen LogP contribution in [0.5, 0.6) is 0 Å². The highest BCUT2D eigenvalue weighted by Crippen LogP contribution is 2.26. The largest absolute Gasteiger partial charge is 0.351 e. The molecule has 0 unspecified atom stereocenters. The molecule has 4 aromatic rings. The zero-order valence-corrected chi connectivity index (χ0v) is 18.8. The summed E-state index contributed by atoms with van der Waals surface area (Å²) in [5, 5.41) is 7.65. The molecule has 0 saturated carbocycles. The molecule has 6 heteroatoms. The van der Waals surface area contributed by atoms with Crippen LogP contribution in [0.3, 0.4) is 0 Å². The number of nitrogens with zero attached hydrogens (tertiary/aromatic N) is 4. The Balaban J connectivity index is 1.36. The average Bonchev–Trinajstić information content (AvgIpc) is 3.54. The van der Waals surface area contributed by atoms with Gasteiger partial charge in [0.15, 0.2) is 11.3 Å². The standard InChI is InChI=1S/C27H29N5O/c33-27(28-15-7-8-16-31-17-9-10-18-31)24-20-26-29-23(21-11-3-1-4-12-21)19-25(32(26)30-24)22-13-5-2-6-14-22/h1-6,11-14,19-20H,7-10,15-18H2,(H,28,33). The molecule has 1 aliphatic rings. The van der Waals surface area contributed by atoms with Gasteiger partial charge in [0.25, 0.3) is 5.91 Å². The summed E-state index contributed by atoms with van der Waals surface area (Å²) in [6.07, 6.45) is 4.71. The molecular weight excluding hydrogens is 410 g/mol. The molecule has 1 aliphatic heterocycles. The first-order valence-corrected chi connectivity index (χ1v) is 11.8. The van der Waals surface area contributed by atoms with E-state index in [1.807, 2.05) is 66.7 Å². The maximum atomic E-state index is 12.8. The number of amides is 1. The van der Waals surface area contributed by atoms with Crippen molar-refractivity contribution in [1.82, 2.24) is 24.8 Å². The fourth-order valence-corrected chi connectivity index (χ4v) is 4.42. The number of unbranched alkanes of at least 4 members (excludes halogenated alkanes) is 1. The van der Waals surface area contributed by atoms with Gasteiger partial charge in [0.05, 0.1) is 11.4 Å². The second-order valence-corrected chi connectivity index (χ2v) is 8.57. The molecule has 2 aromatic carbocycles. The van der Waals surface area contributed by atoms with Gasteiger partial charge in [-0.3, -0.25) is 4.79 Å². The molecule has 5 rings (SSSR count). The summed E-state index contributed by atoms with van der Waals surface area (Å²) in [4.78, 5) is 20.1. The third kappa shape index (κ3) is 4.96. The third-order valence-corrected chi connectivity index (χ3v) is 6.18. The molecule has 6 nitrogen and oxygen atoms in total. The van der Waals surface area contributed by atoms with E-state index in [9.17, 15) is 4.79 Å². The molecule has 1 N–H and O–H groups in total. The highest BCUT2D eigenvalue weighted by molar-refractivity contribution is 5.93. The molecule has 1 fully saturated rings. The molecule has 0 radical (unpaired) electrons. The van der Waals surface area contributed by atoms with Gasteiger partial charge in [-0.25, -0.2) is 9.50 Å². The second kappa shape index (κ2) is 9.96. The van der Waals surface area contributed by atoms with Crippen molar-refractivity contribution in [3.63, 3.8) is 0 Å². The van der Waals surface area contributed by atoms with Crippen LogP contribution in [0.25, 0.3) is 28.2 Å². The topological polar surface area (TPSA) is 62.5 Å². The molecule has 1 amide bonds. The van der Waals surface area contributed by atoms with Crippen LogP contribution < -0.4 is 5.32 Å². The first-order valence-electron chi connectivity index (χ1n) is 11.8. The summed E-state index contributed by atoms with van der Waals surface area (Å²) < 4.78 is 1.77. The molecule has 0 aliphatic carbocycles. The lowest BCUT2D eigenvalue weighted by Crippen LogP contribution is -2.26. The van der Waals surface area contributed by atoms with E-state index in [2.05, 4.69) is 15.3 Å². The Morgan fingerprint density at radius 3 is 2.30 bits per heavy atom. The number of carbonyl (C=O) groups is 1. The number of hydrogen-bond acceptors (Lipinski definition) is 4. The number of rotatable bonds is 8. The van der Waals surface area contributed by atoms with Crippen molar-refractivity contribution in [3.8, 4) is 22.5 Å². The molecule has 0 spiro atoms. The Labute approximate surface area is 194 Å². The molecule has 0 bridgehead atoms. The zero-order valence-electron chi connectivity index (χ0n) is 18.8. The van der Waals surface area contributed by atoms with Crippen molar-refractivity contribution < 1.29 is 4.79 Å². The van der Waals surface area contributed by atoms with Crippen LogP contribution in [0.2, 0.25) is 0 Å². The number of benzene rings is 2. The van der Waals surface area contributed by atoms with Gasteiger partial charge in [0, 0.05) is 23.7 Å². The lowest BCUT2D eigenvalue weighted by molar-refractivity contribution is 0.0947. The van der Waals surface area contributed by atoms with Gasteiger partial charge >= 0.3 is 0 Å². The van der Waals surface area contributed by atoms with E-state index in [1.54, 1.807) is 10.6 Å². The van der Waals surface area contributed by atoms with Crippen molar-refractivity contribution in [2.24, 2.45) is 0 Å². The smallest absolute Gasteiger partial charge is 0.271 e. The Kier molecular flexibility index (Phi) is 6.44. The highest BCUT2D eigenvalue weighted by atomic mass is 16.1. The third-order valence-electron chi connectivity index (χ3n) is 6.18. The van der Waals surface area contributed by atoms with E-state index in [0.717, 1.165) is 41.9 Å². The monoisotopic (exact) mass is 439 g/mol. The maximum absolute atomic E-state index is 12.8. The molecular formula is C27H29N5O. The van der Waals surface area contributed by atoms with Crippen LogP contribution in [0.15, 0.2) is 72.8 Å². The molecule has 0 atom stereocenters. The number of carbonyl (C=O) groups excluding carboxylic acids is 1. The lowest BCUT2D eigenvalue weighted by atomic mass is 10.1. The van der Waals surface area contributed by atoms with Gasteiger partial charge in [-0.05, 0) is 51.4 Å². The number of nitrogens with one attached hydrogen (secondary N) is 1. The van der Waals surface area contributed by atoms with Gasteiger partial charge in [-0.1, -0.05) is 60.7 Å². The van der Waals surface area contributed by atoms with E-state index >= 15 is 0 Å². The quantitative estimate of drug-likeness (QED) is 0.405. The van der Waals surface area contributed by atoms with E-state index in [4.69, 9.17) is 4.98 Å². The van der Waals surface area contributed by atoms with E-state index in [-0.39, 0.29) is 5.91 Å². The van der Waals surface area contributed by atoms with Gasteiger partial charge < -0.3 is 10.2 Å². The van der Waals surface area contributed by atoms with E-state index in [1.165, 1.54) is 25.9 Å². The predicted molar refractivity (Wildman–Crippen MR) is 131 cm³/mol. The lowest BCUT2D eigenvalue weighted by Gasteiger charge is -2.13. The molecule has 33 heavy (non-hydrogen) atoms. The van der Waals surface area contributed by atoms with Crippen LogP contribution in [0.1, 0.15) is 36.2 Å². The maximum Gasteiger partial charge on any atom is 0.271 e. The van der Waals surface area contributed by atoms with Crippen LogP contribution in [-0.2, 0) is 0 Å². The fourth-order valence-electron chi connectivity index (χ4n) is 4.42. The van der Waals surface area contributed by atoms with Gasteiger partial charge in [0.2, 0.25) is 0 Å². The van der Waals surface area contributed by atoms with Crippen molar-refractivity contribution in [2.75, 3.05) is 26.2 Å². The highest BCUT2D eigenvalue weighted by Gasteiger charge is 2.16. The molecule has 3 heterocycles. The molecule has 2 aromatic heterocycles. The molecule has 1 saturated heterocycles. The van der Waals surface area contributed by atoms with Gasteiger partial charge in [0.1, 0.15) is 0 Å². The van der Waals surface area contributed by atoms with E-state index in [0.29, 0.717) is 17.9 Å². The van der Waals surface area contributed by atoms with Crippen LogP contribution in [0.4, 0.5) is 0 Å². The van der Waals surface area contributed by atoms with Crippen molar-refractivity contribution >= 4 is 11.6 Å². The minimum atomic E-state index is -0.151. The number of aromatic nitrogens is 3. The Hall–Kier alpha value is -3.51. The second-order valence-electron chi connectivity index (χ2n) is 8.57. The average molecular weight is 440 g/mol. The van der Waals surface area contributed by atoms with Crippen LogP contribution in [0, 0.1) is 0 Å². The first-order chi connectivity index (χ1) is 16.3. The Bertz CT molecular complexity index is 1210. The summed E-state index contributed by atoms with van der Waals surface area (Å²) in [7, 11) is 0. The van der Waals surface area contributed by atoms with Crippen molar-refractivity contribution in [2.45, 2.75) is 25.7 Å². The van der Waals surface area contributed by atoms with Crippen LogP contribution in [-0.4, -0.2) is 51.6 Å². The predicted octanol–water partition coefficient (Wildman–Crippen LogP) is 4.67. The SMILES string of the molecule is O=C(NCCCCN1CCCC1)c1cc2nc(-c3ccccc3)cc(-c3ccccc3)n2n1. The minimum absolute atomic E-state index is 0.151. The minimum Gasteiger partial charge on any atom is -0.351 e. The number of likely N-dealkylation sites (tertiary alicyclic amines) is 1. The Morgan fingerprint density at radius 2 is 1.58 bits per heavy atom. The normalized spacial score (nSPS) is 14.1. The van der Waals surface area contributed by atoms with Crippen molar-refractivity contribution in [3.05, 3.63) is 78.5 Å². The summed E-state index contributed by atoms with van der Waals surface area (Å²) in [6.45, 7) is 4.22. The first kappa shape index (κ1) is 21.3. The van der Waals surface area contributed by atoms with Crippen LogP contribution >= 0.6 is 0 Å². The van der Waals surface area contributed by atoms with Gasteiger partial charge in [-0.2, -0.15) is 5.10 Å². The van der Waals surface area contributed by atoms with Gasteiger partial charge in [-0.15, -0.1) is 0 Å². The summed E-state index contributed by atoms with van der Waals surface area (Å²) >= 11 is 0. The Morgan fingerprint density at radius 1 is 0.879 bits per heavy atom. The zero-order chi connectivity index (χ0) is 22.5.